The van der Waals surface area contributed by atoms with Gasteiger partial charge in [-0.25, -0.2) is 19.3 Å². The molecule has 0 aromatic carbocycles. The zero-order chi connectivity index (χ0) is 17.0. The van der Waals surface area contributed by atoms with E-state index in [1.54, 1.807) is 20.8 Å². The van der Waals surface area contributed by atoms with Gasteiger partial charge in [0.1, 0.15) is 18.3 Å². The Hall–Kier alpha value is -1.68. The minimum atomic E-state index is -1.88. The fourth-order valence-electron chi connectivity index (χ4n) is 1.57. The third-order valence-electron chi connectivity index (χ3n) is 2.50. The van der Waals surface area contributed by atoms with Crippen LogP contribution in [0.2, 0.25) is 0 Å². The molecule has 0 saturated carbocycles. The second-order valence-corrected chi connectivity index (χ2v) is 6.14. The van der Waals surface area contributed by atoms with Crippen molar-refractivity contribution >= 4 is 28.0 Å². The van der Waals surface area contributed by atoms with E-state index in [1.807, 2.05) is 0 Å². The molecule has 2 unspecified atom stereocenters. The van der Waals surface area contributed by atoms with Gasteiger partial charge in [-0.1, -0.05) is 15.9 Å². The molecule has 1 rings (SSSR count). The van der Waals surface area contributed by atoms with E-state index in [-0.39, 0.29) is 0 Å². The van der Waals surface area contributed by atoms with Gasteiger partial charge in [0.25, 0.3) is 5.72 Å². The maximum absolute atomic E-state index is 12.2. The average Bonchev–Trinajstić information content (AvgIpc) is 2.95. The topological polar surface area (TPSA) is 105 Å². The lowest BCUT2D eigenvalue weighted by molar-refractivity contribution is -0.173. The number of ether oxygens (including phenoxy) is 3. The molecule has 1 aromatic heterocycles. The highest BCUT2D eigenvalue weighted by molar-refractivity contribution is 9.09. The molecular formula is C12H19BrN4O5. The van der Waals surface area contributed by atoms with Crippen molar-refractivity contribution in [3.63, 3.8) is 0 Å². The number of esters is 1. The third kappa shape index (κ3) is 4.17. The number of methoxy groups -OCH3 is 2. The molecular weight excluding hydrogens is 360 g/mol. The van der Waals surface area contributed by atoms with E-state index in [4.69, 9.17) is 14.2 Å². The summed E-state index contributed by atoms with van der Waals surface area (Å²) in [7, 11) is 2.42. The molecule has 0 aliphatic carbocycles. The smallest absolute Gasteiger partial charge is 0.410 e. The number of carbonyl (C=O) groups excluding carboxylic acids is 2. The van der Waals surface area contributed by atoms with E-state index in [0.717, 1.165) is 0 Å². The molecule has 0 radical (unpaired) electrons. The van der Waals surface area contributed by atoms with E-state index < -0.39 is 28.3 Å². The Labute approximate surface area is 136 Å². The van der Waals surface area contributed by atoms with Gasteiger partial charge in [-0.2, -0.15) is 5.10 Å². The van der Waals surface area contributed by atoms with Crippen LogP contribution in [0.25, 0.3) is 0 Å². The number of hydrogen-bond acceptors (Lipinski definition) is 7. The molecule has 124 valence electrons. The number of nitrogens with zero attached hydrogens (tertiary/aromatic N) is 3. The maximum Gasteiger partial charge on any atom is 0.410 e. The standard InChI is InChI=1S/C12H19BrN4O5/c1-11(2,3)22-10(19)16-12(21-5,9(18)20-4)8(13)17-7-14-6-15-17/h6-8H,1-5H3,(H,16,19). The molecule has 0 aliphatic rings. The lowest BCUT2D eigenvalue weighted by Crippen LogP contribution is -2.61. The van der Waals surface area contributed by atoms with Gasteiger partial charge >= 0.3 is 12.1 Å². The second kappa shape index (κ2) is 7.05. The number of carbonyl (C=O) groups is 2. The number of alkyl halides is 1. The predicted octanol–water partition coefficient (Wildman–Crippen LogP) is 1.21. The number of rotatable bonds is 5. The quantitative estimate of drug-likeness (QED) is 0.466. The van der Waals surface area contributed by atoms with Crippen LogP contribution in [-0.4, -0.2) is 52.4 Å². The summed E-state index contributed by atoms with van der Waals surface area (Å²) in [6.07, 6.45) is 1.79. The number of aromatic nitrogens is 3. The first kappa shape index (κ1) is 18.4. The monoisotopic (exact) mass is 378 g/mol. The second-order valence-electron chi connectivity index (χ2n) is 5.27. The van der Waals surface area contributed by atoms with Crippen LogP contribution in [0, 0.1) is 0 Å². The van der Waals surface area contributed by atoms with Gasteiger partial charge in [0, 0.05) is 7.11 Å². The number of hydrogen-bond donors (Lipinski definition) is 1. The molecule has 1 aromatic rings. The van der Waals surface area contributed by atoms with Crippen LogP contribution >= 0.6 is 15.9 Å². The number of halogens is 1. The SMILES string of the molecule is COC(=O)C(NC(=O)OC(C)(C)C)(OC)C(Br)n1cncn1. The Kier molecular flexibility index (Phi) is 5.89. The molecule has 0 saturated heterocycles. The summed E-state index contributed by atoms with van der Waals surface area (Å²) >= 11 is 3.26. The van der Waals surface area contributed by atoms with Crippen molar-refractivity contribution < 1.29 is 23.8 Å². The van der Waals surface area contributed by atoms with Crippen LogP contribution in [0.5, 0.6) is 0 Å². The first-order valence-electron chi connectivity index (χ1n) is 6.29. The lowest BCUT2D eigenvalue weighted by Gasteiger charge is -2.34. The van der Waals surface area contributed by atoms with Crippen molar-refractivity contribution in [3.05, 3.63) is 12.7 Å². The molecule has 1 N–H and O–H groups in total. The minimum absolute atomic E-state index is 0.741. The molecule has 0 fully saturated rings. The zero-order valence-corrected chi connectivity index (χ0v) is 14.6. The van der Waals surface area contributed by atoms with Crippen LogP contribution in [0.4, 0.5) is 4.79 Å². The van der Waals surface area contributed by atoms with E-state index in [2.05, 4.69) is 31.3 Å². The fraction of sp³-hybridized carbons (Fsp3) is 0.667. The molecule has 1 amide bonds. The third-order valence-corrected chi connectivity index (χ3v) is 3.57. The maximum atomic E-state index is 12.2. The molecule has 9 nitrogen and oxygen atoms in total. The van der Waals surface area contributed by atoms with Gasteiger partial charge in [0.15, 0.2) is 4.95 Å². The van der Waals surface area contributed by atoms with Crippen LogP contribution in [-0.2, 0) is 19.0 Å². The summed E-state index contributed by atoms with van der Waals surface area (Å²) in [5.41, 5.74) is -2.63. The largest absolute Gasteiger partial charge is 0.465 e. The van der Waals surface area contributed by atoms with E-state index in [9.17, 15) is 9.59 Å². The highest BCUT2D eigenvalue weighted by atomic mass is 79.9. The van der Waals surface area contributed by atoms with Crippen LogP contribution < -0.4 is 5.32 Å². The molecule has 22 heavy (non-hydrogen) atoms. The van der Waals surface area contributed by atoms with Crippen molar-refractivity contribution in [1.82, 2.24) is 20.1 Å². The van der Waals surface area contributed by atoms with Gasteiger partial charge in [-0.15, -0.1) is 0 Å². The zero-order valence-electron chi connectivity index (χ0n) is 13.0. The molecule has 10 heteroatoms. The van der Waals surface area contributed by atoms with Gasteiger partial charge in [-0.05, 0) is 20.8 Å². The Bertz CT molecular complexity index is 516. The van der Waals surface area contributed by atoms with E-state index >= 15 is 0 Å². The first-order chi connectivity index (χ1) is 10.2. The molecule has 0 spiro atoms. The van der Waals surface area contributed by atoms with Crippen molar-refractivity contribution in [3.8, 4) is 0 Å². The average molecular weight is 379 g/mol. The Morgan fingerprint density at radius 2 is 1.95 bits per heavy atom. The Morgan fingerprint density at radius 1 is 1.32 bits per heavy atom. The summed E-state index contributed by atoms with van der Waals surface area (Å²) in [5.74, 6) is -0.835. The number of nitrogens with one attached hydrogen (secondary N) is 1. The highest BCUT2D eigenvalue weighted by Crippen LogP contribution is 2.30. The van der Waals surface area contributed by atoms with Gasteiger partial charge in [-0.3, -0.25) is 5.32 Å². The van der Waals surface area contributed by atoms with Crippen LogP contribution in [0.1, 0.15) is 25.7 Å². The summed E-state index contributed by atoms with van der Waals surface area (Å²) in [6, 6.07) is 0. The first-order valence-corrected chi connectivity index (χ1v) is 7.20. The fourth-order valence-corrected chi connectivity index (χ4v) is 2.27. The van der Waals surface area contributed by atoms with E-state index in [0.29, 0.717) is 0 Å². The lowest BCUT2D eigenvalue weighted by atomic mass is 10.2. The highest BCUT2D eigenvalue weighted by Gasteiger charge is 2.50. The minimum Gasteiger partial charge on any atom is -0.465 e. The summed E-state index contributed by atoms with van der Waals surface area (Å²) < 4.78 is 16.4. The summed E-state index contributed by atoms with van der Waals surface area (Å²) in [4.78, 5) is 27.1. The molecule has 1 heterocycles. The van der Waals surface area contributed by atoms with Crippen molar-refractivity contribution in [1.29, 1.82) is 0 Å². The van der Waals surface area contributed by atoms with Crippen molar-refractivity contribution in [2.75, 3.05) is 14.2 Å². The normalized spacial score (nSPS) is 15.5. The molecule has 0 aliphatic heterocycles. The van der Waals surface area contributed by atoms with Crippen LogP contribution in [0.3, 0.4) is 0 Å². The van der Waals surface area contributed by atoms with Crippen molar-refractivity contribution in [2.24, 2.45) is 0 Å². The summed E-state index contributed by atoms with van der Waals surface area (Å²) in [5, 5.41) is 6.29. The van der Waals surface area contributed by atoms with Gasteiger partial charge in [0.2, 0.25) is 0 Å². The Morgan fingerprint density at radius 3 is 2.36 bits per heavy atom. The van der Waals surface area contributed by atoms with Gasteiger partial charge in [0.05, 0.1) is 7.11 Å². The van der Waals surface area contributed by atoms with E-state index in [1.165, 1.54) is 31.6 Å². The predicted molar refractivity (Wildman–Crippen MR) is 79.1 cm³/mol. The Balaban J connectivity index is 3.11. The van der Waals surface area contributed by atoms with Crippen molar-refractivity contribution in [2.45, 2.75) is 37.0 Å². The molecule has 0 bridgehead atoms. The van der Waals surface area contributed by atoms with Crippen LogP contribution in [0.15, 0.2) is 12.7 Å². The number of alkyl carbamates (subject to hydrolysis) is 1. The number of amides is 1. The summed E-state index contributed by atoms with van der Waals surface area (Å²) in [6.45, 7) is 5.09. The molecule has 2 atom stereocenters. The van der Waals surface area contributed by atoms with Gasteiger partial charge < -0.3 is 14.2 Å².